The Hall–Kier alpha value is -3.65. The fourth-order valence-electron chi connectivity index (χ4n) is 4.44. The minimum atomic E-state index is -0.724. The molecular weight excluding hydrogens is 500 g/mol. The van der Waals surface area contributed by atoms with Crippen LogP contribution in [0.3, 0.4) is 0 Å². The highest BCUT2D eigenvalue weighted by Gasteiger charge is 2.34. The van der Waals surface area contributed by atoms with Crippen LogP contribution in [0.2, 0.25) is 0 Å². The first-order chi connectivity index (χ1) is 18.1. The average Bonchev–Trinajstić information content (AvgIpc) is 3.17. The molecular formula is C30H34N2O5S. The first-order valence-electron chi connectivity index (χ1n) is 12.8. The molecule has 0 saturated heterocycles. The first-order valence-corrected chi connectivity index (χ1v) is 13.6. The van der Waals surface area contributed by atoms with E-state index in [0.29, 0.717) is 43.6 Å². The molecule has 0 aliphatic carbocycles. The number of hydrogen-bond acceptors (Lipinski definition) is 7. The summed E-state index contributed by atoms with van der Waals surface area (Å²) >= 11 is 1.30. The molecule has 1 aliphatic heterocycles. The molecule has 0 spiro atoms. The topological polar surface area (TPSA) is 79.1 Å². The van der Waals surface area contributed by atoms with E-state index in [1.807, 2.05) is 44.2 Å². The molecule has 1 aliphatic rings. The van der Waals surface area contributed by atoms with Gasteiger partial charge in [-0.25, -0.2) is 9.79 Å². The van der Waals surface area contributed by atoms with Gasteiger partial charge in [-0.3, -0.25) is 9.36 Å². The number of rotatable bonds is 8. The van der Waals surface area contributed by atoms with E-state index in [1.165, 1.54) is 16.9 Å². The van der Waals surface area contributed by atoms with Crippen molar-refractivity contribution in [2.75, 3.05) is 13.7 Å². The van der Waals surface area contributed by atoms with Crippen LogP contribution in [0.1, 0.15) is 70.2 Å². The van der Waals surface area contributed by atoms with E-state index in [-0.39, 0.29) is 18.3 Å². The van der Waals surface area contributed by atoms with E-state index >= 15 is 0 Å². The van der Waals surface area contributed by atoms with Gasteiger partial charge < -0.3 is 14.2 Å². The molecule has 3 aromatic rings. The number of thiazole rings is 1. The largest absolute Gasteiger partial charge is 0.493 e. The van der Waals surface area contributed by atoms with Gasteiger partial charge in [-0.2, -0.15) is 0 Å². The monoisotopic (exact) mass is 534 g/mol. The lowest BCUT2D eigenvalue weighted by Gasteiger charge is -2.25. The Morgan fingerprint density at radius 3 is 2.42 bits per heavy atom. The maximum absolute atomic E-state index is 13.8. The molecule has 1 atom stereocenters. The summed E-state index contributed by atoms with van der Waals surface area (Å²) in [5.41, 5.74) is 3.48. The zero-order valence-corrected chi connectivity index (χ0v) is 23.7. The Kier molecular flexibility index (Phi) is 8.21. The van der Waals surface area contributed by atoms with Gasteiger partial charge in [0.1, 0.15) is 0 Å². The SMILES string of the molecule is CCOC(=O)C1=C(C)N=c2s/c(=C\c3ccc(C(C)C)cc3)c(=O)n2[C@@H]1c1ccc(OC(C)C)c(OC)c1. The molecule has 38 heavy (non-hydrogen) atoms. The highest BCUT2D eigenvalue weighted by molar-refractivity contribution is 7.07. The zero-order valence-electron chi connectivity index (χ0n) is 22.9. The Bertz CT molecular complexity index is 1540. The number of nitrogens with zero attached hydrogens (tertiary/aromatic N) is 2. The molecule has 0 bridgehead atoms. The van der Waals surface area contributed by atoms with Crippen molar-refractivity contribution in [2.45, 2.75) is 59.6 Å². The summed E-state index contributed by atoms with van der Waals surface area (Å²) in [5.74, 6) is 1.02. The molecule has 2 heterocycles. The second kappa shape index (κ2) is 11.4. The number of hydrogen-bond donors (Lipinski definition) is 0. The van der Waals surface area contributed by atoms with Gasteiger partial charge in [-0.05, 0) is 68.5 Å². The summed E-state index contributed by atoms with van der Waals surface area (Å²) in [7, 11) is 1.57. The van der Waals surface area contributed by atoms with Crippen LogP contribution in [0.15, 0.2) is 63.5 Å². The molecule has 0 unspecified atom stereocenters. The highest BCUT2D eigenvalue weighted by Crippen LogP contribution is 2.36. The third-order valence-corrected chi connectivity index (χ3v) is 7.27. The summed E-state index contributed by atoms with van der Waals surface area (Å²) < 4.78 is 19.0. The second-order valence-electron chi connectivity index (χ2n) is 9.70. The lowest BCUT2D eigenvalue weighted by Crippen LogP contribution is -2.40. The lowest BCUT2D eigenvalue weighted by molar-refractivity contribution is -0.139. The van der Waals surface area contributed by atoms with Gasteiger partial charge >= 0.3 is 5.97 Å². The van der Waals surface area contributed by atoms with E-state index in [0.717, 1.165) is 5.56 Å². The summed E-state index contributed by atoms with van der Waals surface area (Å²) in [6.07, 6.45) is 1.83. The van der Waals surface area contributed by atoms with Crippen LogP contribution >= 0.6 is 11.3 Å². The molecule has 8 heteroatoms. The quantitative estimate of drug-likeness (QED) is 0.391. The standard InChI is InChI=1S/C30H34N2O5S/c1-8-36-29(34)26-19(6)31-30-32(27(26)22-13-14-23(37-18(4)5)24(16-22)35-7)28(33)25(38-30)15-20-9-11-21(12-10-20)17(2)3/h9-18,27H,8H2,1-7H3/b25-15-/t27-/m1/s1. The normalized spacial score (nSPS) is 15.5. The predicted molar refractivity (Wildman–Crippen MR) is 150 cm³/mol. The van der Waals surface area contributed by atoms with Crippen LogP contribution in [0.25, 0.3) is 6.08 Å². The maximum Gasteiger partial charge on any atom is 0.338 e. The van der Waals surface area contributed by atoms with Gasteiger partial charge in [-0.15, -0.1) is 0 Å². The van der Waals surface area contributed by atoms with Gasteiger partial charge in [0.15, 0.2) is 16.3 Å². The van der Waals surface area contributed by atoms with Crippen molar-refractivity contribution in [1.82, 2.24) is 4.57 Å². The molecule has 0 saturated carbocycles. The van der Waals surface area contributed by atoms with Crippen molar-refractivity contribution in [3.05, 3.63) is 90.1 Å². The van der Waals surface area contributed by atoms with Crippen LogP contribution < -0.4 is 24.4 Å². The molecule has 7 nitrogen and oxygen atoms in total. The molecule has 0 N–H and O–H groups in total. The fraction of sp³-hybridized carbons (Fsp3) is 0.367. The third kappa shape index (κ3) is 5.45. The van der Waals surface area contributed by atoms with E-state index in [2.05, 4.69) is 31.0 Å². The van der Waals surface area contributed by atoms with E-state index in [9.17, 15) is 9.59 Å². The summed E-state index contributed by atoms with van der Waals surface area (Å²) in [4.78, 5) is 32.2. The van der Waals surface area contributed by atoms with Gasteiger partial charge in [0.25, 0.3) is 5.56 Å². The smallest absolute Gasteiger partial charge is 0.338 e. The average molecular weight is 535 g/mol. The van der Waals surface area contributed by atoms with Crippen molar-refractivity contribution in [1.29, 1.82) is 0 Å². The van der Waals surface area contributed by atoms with Crippen LogP contribution in [-0.4, -0.2) is 30.4 Å². The van der Waals surface area contributed by atoms with Gasteiger partial charge in [0, 0.05) is 0 Å². The van der Waals surface area contributed by atoms with Crippen LogP contribution in [-0.2, 0) is 9.53 Å². The molecule has 0 fully saturated rings. The summed E-state index contributed by atoms with van der Waals surface area (Å²) in [6, 6.07) is 12.9. The minimum absolute atomic E-state index is 0.0424. The number of allylic oxidation sites excluding steroid dienone is 1. The van der Waals surface area contributed by atoms with Crippen LogP contribution in [0, 0.1) is 0 Å². The third-order valence-electron chi connectivity index (χ3n) is 6.28. The number of esters is 1. The Balaban J connectivity index is 1.90. The minimum Gasteiger partial charge on any atom is -0.493 e. The predicted octanol–water partition coefficient (Wildman–Crippen LogP) is 4.72. The first kappa shape index (κ1) is 27.4. The van der Waals surface area contributed by atoms with Crippen molar-refractivity contribution < 1.29 is 19.0 Å². The molecule has 2 aromatic carbocycles. The van der Waals surface area contributed by atoms with E-state index in [4.69, 9.17) is 14.2 Å². The second-order valence-corrected chi connectivity index (χ2v) is 10.7. The molecule has 0 radical (unpaired) electrons. The molecule has 0 amide bonds. The number of ether oxygens (including phenoxy) is 3. The van der Waals surface area contributed by atoms with E-state index in [1.54, 1.807) is 31.6 Å². The molecule has 200 valence electrons. The molecule has 4 rings (SSSR count). The Labute approximate surface area is 226 Å². The summed E-state index contributed by atoms with van der Waals surface area (Å²) in [6.45, 7) is 11.9. The van der Waals surface area contributed by atoms with Crippen molar-refractivity contribution in [3.8, 4) is 11.5 Å². The Morgan fingerprint density at radius 1 is 1.11 bits per heavy atom. The van der Waals surface area contributed by atoms with Gasteiger partial charge in [0.05, 0.1) is 41.7 Å². The number of aromatic nitrogens is 1. The van der Waals surface area contributed by atoms with Crippen LogP contribution in [0.5, 0.6) is 11.5 Å². The number of carbonyl (C=O) groups excluding carboxylic acids is 1. The molecule has 1 aromatic heterocycles. The van der Waals surface area contributed by atoms with Crippen LogP contribution in [0.4, 0.5) is 0 Å². The van der Waals surface area contributed by atoms with Gasteiger partial charge in [0.2, 0.25) is 0 Å². The number of benzene rings is 2. The number of methoxy groups -OCH3 is 1. The van der Waals surface area contributed by atoms with Gasteiger partial charge in [-0.1, -0.05) is 55.5 Å². The number of carbonyl (C=O) groups is 1. The Morgan fingerprint density at radius 2 is 1.82 bits per heavy atom. The fourth-order valence-corrected chi connectivity index (χ4v) is 5.49. The maximum atomic E-state index is 13.8. The van der Waals surface area contributed by atoms with E-state index < -0.39 is 12.0 Å². The lowest BCUT2D eigenvalue weighted by atomic mass is 9.95. The van der Waals surface area contributed by atoms with Crippen molar-refractivity contribution in [3.63, 3.8) is 0 Å². The zero-order chi connectivity index (χ0) is 27.6. The van der Waals surface area contributed by atoms with Crippen molar-refractivity contribution >= 4 is 23.4 Å². The van der Waals surface area contributed by atoms with Crippen molar-refractivity contribution in [2.24, 2.45) is 4.99 Å². The highest BCUT2D eigenvalue weighted by atomic mass is 32.1. The number of fused-ring (bicyclic) bond motifs is 1. The summed E-state index contributed by atoms with van der Waals surface area (Å²) in [5, 5.41) is 0.